The highest BCUT2D eigenvalue weighted by Gasteiger charge is 2.35. The molecule has 4 aromatic rings. The number of nitrogens with zero attached hydrogens (tertiary/aromatic N) is 4. The number of carbonyl (C=O) groups is 2. The van der Waals surface area contributed by atoms with Gasteiger partial charge in [-0.3, -0.25) is 29.3 Å². The van der Waals surface area contributed by atoms with Crippen LogP contribution in [0.3, 0.4) is 0 Å². The first-order chi connectivity index (χ1) is 17.6. The molecule has 0 bridgehead atoms. The fourth-order valence-electron chi connectivity index (χ4n) is 4.60. The number of thiocarbonyl (C=S) groups is 1. The second-order valence-corrected chi connectivity index (χ2v) is 10.1. The van der Waals surface area contributed by atoms with Crippen LogP contribution >= 0.6 is 28.1 Å². The Hall–Kier alpha value is -3.89. The van der Waals surface area contributed by atoms with Gasteiger partial charge < -0.3 is 0 Å². The van der Waals surface area contributed by atoms with Crippen LogP contribution in [0.15, 0.2) is 63.4 Å². The summed E-state index contributed by atoms with van der Waals surface area (Å²) in [4.78, 5) is 45.7. The van der Waals surface area contributed by atoms with E-state index in [-0.39, 0.29) is 16.2 Å². The van der Waals surface area contributed by atoms with Crippen molar-refractivity contribution in [1.82, 2.24) is 19.7 Å². The molecule has 1 N–H and O–H groups in total. The molecule has 2 aromatic carbocycles. The summed E-state index contributed by atoms with van der Waals surface area (Å²) in [6, 6.07) is 14.5. The smallest absolute Gasteiger partial charge is 0.280 e. The summed E-state index contributed by atoms with van der Waals surface area (Å²) in [6.45, 7) is 7.31. The van der Waals surface area contributed by atoms with E-state index in [2.05, 4.69) is 26.2 Å². The molecule has 5 rings (SSSR count). The number of fused-ring (bicyclic) bond motifs is 1. The van der Waals surface area contributed by atoms with E-state index in [4.69, 9.17) is 12.2 Å². The zero-order chi connectivity index (χ0) is 26.6. The van der Waals surface area contributed by atoms with E-state index in [0.29, 0.717) is 33.7 Å². The number of amides is 2. The molecule has 0 spiro atoms. The molecule has 1 aliphatic heterocycles. The molecule has 2 amide bonds. The number of carbonyl (C=O) groups excluding carboxylic acids is 2. The maximum absolute atomic E-state index is 13.5. The van der Waals surface area contributed by atoms with Gasteiger partial charge in [-0.15, -0.1) is 0 Å². The van der Waals surface area contributed by atoms with E-state index in [0.717, 1.165) is 15.7 Å². The van der Waals surface area contributed by atoms with Crippen molar-refractivity contribution >= 4 is 67.7 Å². The summed E-state index contributed by atoms with van der Waals surface area (Å²) >= 11 is 8.77. The monoisotopic (exact) mass is 575 g/mol. The van der Waals surface area contributed by atoms with Crippen LogP contribution in [0.25, 0.3) is 17.0 Å². The van der Waals surface area contributed by atoms with Crippen molar-refractivity contribution in [3.8, 4) is 0 Å². The third-order valence-electron chi connectivity index (χ3n) is 6.35. The summed E-state index contributed by atoms with van der Waals surface area (Å²) in [5.74, 6) is -0.588. The van der Waals surface area contributed by atoms with Crippen LogP contribution < -0.4 is 15.8 Å². The van der Waals surface area contributed by atoms with E-state index in [1.54, 1.807) is 35.9 Å². The second kappa shape index (κ2) is 9.20. The van der Waals surface area contributed by atoms with Crippen LogP contribution in [0, 0.1) is 27.7 Å². The molecule has 0 aliphatic carbocycles. The third-order valence-corrected chi connectivity index (χ3v) is 7.13. The Morgan fingerprint density at radius 2 is 1.70 bits per heavy atom. The molecule has 0 saturated carbocycles. The Morgan fingerprint density at radius 1 is 0.973 bits per heavy atom. The lowest BCUT2D eigenvalue weighted by Gasteiger charge is -2.30. The molecule has 0 atom stereocenters. The average molecular weight is 576 g/mol. The Morgan fingerprint density at radius 3 is 2.43 bits per heavy atom. The van der Waals surface area contributed by atoms with Gasteiger partial charge in [-0.05, 0) is 93.5 Å². The lowest BCUT2D eigenvalue weighted by molar-refractivity contribution is -0.122. The summed E-state index contributed by atoms with van der Waals surface area (Å²) in [6.07, 6.45) is 1.54. The highest BCUT2D eigenvalue weighted by molar-refractivity contribution is 9.10. The molecular weight excluding hydrogens is 554 g/mol. The minimum atomic E-state index is -0.577. The molecule has 1 fully saturated rings. The van der Waals surface area contributed by atoms with Gasteiger partial charge in [0.1, 0.15) is 11.4 Å². The first-order valence-electron chi connectivity index (χ1n) is 11.4. The largest absolute Gasteiger partial charge is 0.298 e. The number of hydrogen-bond acceptors (Lipinski definition) is 5. The van der Waals surface area contributed by atoms with Crippen LogP contribution in [0.1, 0.15) is 28.3 Å². The van der Waals surface area contributed by atoms with Crippen LogP contribution in [0.2, 0.25) is 0 Å². The quantitative estimate of drug-likeness (QED) is 0.223. The van der Waals surface area contributed by atoms with E-state index in [1.165, 1.54) is 15.7 Å². The van der Waals surface area contributed by atoms with Gasteiger partial charge in [0.2, 0.25) is 0 Å². The number of para-hydroxylation sites is 1. The van der Waals surface area contributed by atoms with Gasteiger partial charge in [-0.1, -0.05) is 28.1 Å². The van der Waals surface area contributed by atoms with Gasteiger partial charge in [-0.25, -0.2) is 4.98 Å². The van der Waals surface area contributed by atoms with E-state index >= 15 is 0 Å². The van der Waals surface area contributed by atoms with Crippen LogP contribution in [-0.2, 0) is 9.59 Å². The molecule has 1 aliphatic rings. The molecule has 0 radical (unpaired) electrons. The fraction of sp³-hybridized carbons (Fsp3) is 0.148. The molecule has 3 heterocycles. The molecular formula is C27H22BrN5O3S. The standard InChI is InChI=1S/C27H22BrN5O3S/c1-14-11-19(28)9-10-23(14)31-25(35)21(24(34)30-27(31)37)13-18-12-15(2)32(16(18)3)33-17(4)29-22-8-6-5-7-20(22)26(33)36/h5-13H,1-4H3,(H,30,34,37). The van der Waals surface area contributed by atoms with Crippen molar-refractivity contribution in [3.63, 3.8) is 0 Å². The lowest BCUT2D eigenvalue weighted by Crippen LogP contribution is -2.54. The molecule has 10 heteroatoms. The van der Waals surface area contributed by atoms with Crippen LogP contribution in [0.5, 0.6) is 0 Å². The van der Waals surface area contributed by atoms with E-state index in [1.807, 2.05) is 45.0 Å². The van der Waals surface area contributed by atoms with Gasteiger partial charge in [0, 0.05) is 15.9 Å². The van der Waals surface area contributed by atoms with E-state index < -0.39 is 11.8 Å². The first kappa shape index (κ1) is 24.8. The number of anilines is 1. The molecule has 37 heavy (non-hydrogen) atoms. The first-order valence-corrected chi connectivity index (χ1v) is 12.6. The number of aryl methyl sites for hydroxylation is 3. The Kier molecular flexibility index (Phi) is 6.17. The zero-order valence-corrected chi connectivity index (χ0v) is 22.9. The van der Waals surface area contributed by atoms with E-state index in [9.17, 15) is 14.4 Å². The minimum Gasteiger partial charge on any atom is -0.298 e. The molecule has 8 nitrogen and oxygen atoms in total. The van der Waals surface area contributed by atoms with Crippen LogP contribution in [-0.4, -0.2) is 31.3 Å². The maximum atomic E-state index is 13.5. The zero-order valence-electron chi connectivity index (χ0n) is 20.5. The average Bonchev–Trinajstić information content (AvgIpc) is 3.11. The summed E-state index contributed by atoms with van der Waals surface area (Å²) < 4.78 is 4.12. The number of nitrogens with one attached hydrogen (secondary N) is 1. The van der Waals surface area contributed by atoms with Crippen molar-refractivity contribution in [2.45, 2.75) is 27.7 Å². The third kappa shape index (κ3) is 4.11. The molecule has 0 unspecified atom stereocenters. The number of halogens is 1. The normalized spacial score (nSPS) is 15.1. The highest BCUT2D eigenvalue weighted by atomic mass is 79.9. The molecule has 2 aromatic heterocycles. The number of hydrogen-bond donors (Lipinski definition) is 1. The maximum Gasteiger partial charge on any atom is 0.280 e. The van der Waals surface area contributed by atoms with Crippen molar-refractivity contribution in [2.75, 3.05) is 4.90 Å². The Balaban J connectivity index is 1.63. The van der Waals surface area contributed by atoms with Crippen molar-refractivity contribution in [1.29, 1.82) is 0 Å². The molecule has 1 saturated heterocycles. The minimum absolute atomic E-state index is 0.0208. The summed E-state index contributed by atoms with van der Waals surface area (Å²) in [7, 11) is 0. The second-order valence-electron chi connectivity index (χ2n) is 8.82. The predicted molar refractivity (Wildman–Crippen MR) is 151 cm³/mol. The van der Waals surface area contributed by atoms with Gasteiger partial charge >= 0.3 is 0 Å². The van der Waals surface area contributed by atoms with Gasteiger partial charge in [0.05, 0.1) is 16.6 Å². The van der Waals surface area contributed by atoms with Gasteiger partial charge in [0.15, 0.2) is 5.11 Å². The predicted octanol–water partition coefficient (Wildman–Crippen LogP) is 4.34. The summed E-state index contributed by atoms with van der Waals surface area (Å²) in [5.41, 5.74) is 3.79. The number of rotatable bonds is 3. The SMILES string of the molecule is Cc1cc(Br)ccc1N1C(=O)C(=Cc2cc(C)n(-n3c(C)nc4ccccc4c3=O)c2C)C(=O)NC1=S. The van der Waals surface area contributed by atoms with Gasteiger partial charge in [-0.2, -0.15) is 4.68 Å². The fourth-order valence-corrected chi connectivity index (χ4v) is 5.35. The summed E-state index contributed by atoms with van der Waals surface area (Å²) in [5, 5.41) is 3.14. The van der Waals surface area contributed by atoms with Gasteiger partial charge in [0.25, 0.3) is 17.4 Å². The number of aromatic nitrogens is 3. The molecule has 186 valence electrons. The lowest BCUT2D eigenvalue weighted by atomic mass is 10.1. The van der Waals surface area contributed by atoms with Crippen molar-refractivity contribution < 1.29 is 9.59 Å². The topological polar surface area (TPSA) is 89.2 Å². The van der Waals surface area contributed by atoms with Crippen molar-refractivity contribution in [3.05, 3.63) is 97.3 Å². The Labute approximate surface area is 226 Å². The van der Waals surface area contributed by atoms with Crippen LogP contribution in [0.4, 0.5) is 5.69 Å². The highest BCUT2D eigenvalue weighted by Crippen LogP contribution is 2.28. The number of benzene rings is 2. The van der Waals surface area contributed by atoms with Crippen molar-refractivity contribution in [2.24, 2.45) is 0 Å². The Bertz CT molecular complexity index is 1750.